The summed E-state index contributed by atoms with van der Waals surface area (Å²) in [6.45, 7) is 0. The van der Waals surface area contributed by atoms with Crippen LogP contribution in [0.2, 0.25) is 0 Å². The molecule has 27 heavy (non-hydrogen) atoms. The molecular weight excluding hydrogens is 368 g/mol. The van der Waals surface area contributed by atoms with Gasteiger partial charge in [-0.25, -0.2) is 5.10 Å². The van der Waals surface area contributed by atoms with Crippen molar-refractivity contribution >= 4 is 24.4 Å². The lowest BCUT2D eigenvalue weighted by molar-refractivity contribution is -0.255. The Morgan fingerprint density at radius 1 is 1.22 bits per heavy atom. The fourth-order valence-electron chi connectivity index (χ4n) is 2.39. The van der Waals surface area contributed by atoms with Gasteiger partial charge >= 0.3 is 0 Å². The molecule has 0 bridgehead atoms. The van der Waals surface area contributed by atoms with Crippen LogP contribution in [0, 0.1) is 4.77 Å². The quantitative estimate of drug-likeness (QED) is 0.515. The number of H-pyrrole nitrogens is 1. The van der Waals surface area contributed by atoms with Crippen LogP contribution in [0.25, 0.3) is 11.4 Å². The topological polar surface area (TPSA) is 105 Å². The highest BCUT2D eigenvalue weighted by Gasteiger charge is 2.14. The summed E-state index contributed by atoms with van der Waals surface area (Å²) in [6.07, 6.45) is 1.55. The molecule has 3 aromatic rings. The maximum absolute atomic E-state index is 10.8. The average molecular weight is 383 g/mol. The fraction of sp³-hybridized carbons (Fsp3) is 0.111. The van der Waals surface area contributed by atoms with Crippen LogP contribution in [0.5, 0.6) is 11.5 Å². The number of benzene rings is 2. The molecule has 8 nitrogen and oxygen atoms in total. The van der Waals surface area contributed by atoms with E-state index in [-0.39, 0.29) is 5.56 Å². The first kappa shape index (κ1) is 18.3. The molecule has 2 aromatic carbocycles. The minimum Gasteiger partial charge on any atom is -0.545 e. The maximum Gasteiger partial charge on any atom is 0.216 e. The molecule has 0 radical (unpaired) electrons. The lowest BCUT2D eigenvalue weighted by Crippen LogP contribution is -2.21. The van der Waals surface area contributed by atoms with E-state index in [2.05, 4.69) is 15.3 Å². The van der Waals surface area contributed by atoms with Gasteiger partial charge in [0.25, 0.3) is 0 Å². The molecule has 1 N–H and O–H groups in total. The molecule has 0 atom stereocenters. The van der Waals surface area contributed by atoms with Crippen molar-refractivity contribution in [3.05, 3.63) is 58.4 Å². The summed E-state index contributed by atoms with van der Waals surface area (Å²) in [5.41, 5.74) is 1.46. The lowest BCUT2D eigenvalue weighted by atomic mass is 10.1. The highest BCUT2D eigenvalue weighted by atomic mass is 32.1. The summed E-state index contributed by atoms with van der Waals surface area (Å²) >= 11 is 5.25. The zero-order chi connectivity index (χ0) is 19.4. The summed E-state index contributed by atoms with van der Waals surface area (Å²) in [5, 5.41) is 22.1. The smallest absolute Gasteiger partial charge is 0.216 e. The number of aromatic carboxylic acids is 1. The van der Waals surface area contributed by atoms with Crippen molar-refractivity contribution in [1.29, 1.82) is 0 Å². The second-order valence-electron chi connectivity index (χ2n) is 5.38. The van der Waals surface area contributed by atoms with Crippen LogP contribution in [0.4, 0.5) is 0 Å². The van der Waals surface area contributed by atoms with E-state index >= 15 is 0 Å². The number of aromatic nitrogens is 3. The molecule has 0 aliphatic heterocycles. The van der Waals surface area contributed by atoms with Crippen LogP contribution < -0.4 is 14.6 Å². The Morgan fingerprint density at radius 2 is 1.96 bits per heavy atom. The van der Waals surface area contributed by atoms with Crippen LogP contribution in [-0.4, -0.2) is 41.3 Å². The second kappa shape index (κ2) is 7.83. The van der Waals surface area contributed by atoms with Crippen molar-refractivity contribution in [3.8, 4) is 22.9 Å². The summed E-state index contributed by atoms with van der Waals surface area (Å²) in [7, 11) is 3.12. The van der Waals surface area contributed by atoms with E-state index in [0.29, 0.717) is 33.2 Å². The minimum atomic E-state index is -1.23. The molecule has 3 rings (SSSR count). The van der Waals surface area contributed by atoms with Gasteiger partial charge in [0.2, 0.25) is 4.77 Å². The minimum absolute atomic E-state index is 0.0933. The molecule has 0 saturated heterocycles. The Balaban J connectivity index is 1.98. The van der Waals surface area contributed by atoms with Gasteiger partial charge in [0, 0.05) is 6.07 Å². The number of carbonyl (C=O) groups is 1. The third kappa shape index (κ3) is 3.87. The molecule has 1 heterocycles. The van der Waals surface area contributed by atoms with E-state index in [9.17, 15) is 9.90 Å². The van der Waals surface area contributed by atoms with Crippen LogP contribution in [0.15, 0.2) is 47.6 Å². The Kier molecular flexibility index (Phi) is 5.32. The number of carboxylic acids is 1. The monoisotopic (exact) mass is 383 g/mol. The predicted molar refractivity (Wildman–Crippen MR) is 99.7 cm³/mol. The van der Waals surface area contributed by atoms with E-state index in [0.717, 1.165) is 0 Å². The number of aromatic amines is 1. The van der Waals surface area contributed by atoms with Gasteiger partial charge in [-0.05, 0) is 35.5 Å². The molecule has 9 heteroatoms. The van der Waals surface area contributed by atoms with Crippen LogP contribution in [0.1, 0.15) is 15.9 Å². The summed E-state index contributed by atoms with van der Waals surface area (Å²) in [5.74, 6) is 0.428. The Labute approximate surface area is 159 Å². The zero-order valence-electron chi connectivity index (χ0n) is 14.5. The summed E-state index contributed by atoms with van der Waals surface area (Å²) < 4.78 is 12.4. The first-order valence-electron chi connectivity index (χ1n) is 7.79. The highest BCUT2D eigenvalue weighted by Crippen LogP contribution is 2.32. The van der Waals surface area contributed by atoms with E-state index in [1.165, 1.54) is 16.8 Å². The van der Waals surface area contributed by atoms with Gasteiger partial charge < -0.3 is 19.4 Å². The van der Waals surface area contributed by atoms with Gasteiger partial charge in [0.15, 0.2) is 5.82 Å². The largest absolute Gasteiger partial charge is 0.545 e. The fourth-order valence-corrected chi connectivity index (χ4v) is 2.57. The Morgan fingerprint density at radius 3 is 2.59 bits per heavy atom. The second-order valence-corrected chi connectivity index (χ2v) is 5.77. The highest BCUT2D eigenvalue weighted by molar-refractivity contribution is 7.71. The van der Waals surface area contributed by atoms with Gasteiger partial charge in [-0.2, -0.15) is 14.9 Å². The van der Waals surface area contributed by atoms with Crippen LogP contribution in [-0.2, 0) is 0 Å². The molecular formula is C18H15N4O4S-. The molecule has 0 spiro atoms. The van der Waals surface area contributed by atoms with E-state index in [1.807, 2.05) is 0 Å². The standard InChI is InChI=1S/C18H16N4O4S/c1-25-13-7-8-14(15(9-13)26-2)16-20-21-18(27)22(16)19-10-11-3-5-12(6-4-11)17(23)24/h3-10H,1-2H3,(H,21,27)(H,23,24)/p-1/b19-10-. The summed E-state index contributed by atoms with van der Waals surface area (Å²) in [6, 6.07) is 11.4. The van der Waals surface area contributed by atoms with Crippen LogP contribution >= 0.6 is 12.2 Å². The maximum atomic E-state index is 10.8. The molecule has 1 aromatic heterocycles. The van der Waals surface area contributed by atoms with Crippen molar-refractivity contribution in [2.24, 2.45) is 5.10 Å². The molecule has 0 amide bonds. The van der Waals surface area contributed by atoms with Gasteiger partial charge in [0.05, 0.1) is 32.0 Å². The van der Waals surface area contributed by atoms with Crippen LogP contribution in [0.3, 0.4) is 0 Å². The number of rotatable bonds is 6. The zero-order valence-corrected chi connectivity index (χ0v) is 15.3. The number of hydrogen-bond acceptors (Lipinski definition) is 7. The summed E-state index contributed by atoms with van der Waals surface area (Å²) in [4.78, 5) is 10.8. The average Bonchev–Trinajstić information content (AvgIpc) is 3.06. The number of carbonyl (C=O) groups excluding carboxylic acids is 1. The molecule has 0 saturated carbocycles. The number of carboxylic acid groups (broad SMARTS) is 1. The third-order valence-corrected chi connectivity index (χ3v) is 4.03. The number of nitrogens with one attached hydrogen (secondary N) is 1. The van der Waals surface area contributed by atoms with Gasteiger partial charge in [-0.15, -0.1) is 0 Å². The Bertz CT molecular complexity index is 1050. The van der Waals surface area contributed by atoms with Crippen molar-refractivity contribution in [1.82, 2.24) is 14.9 Å². The molecule has 0 aliphatic carbocycles. The van der Waals surface area contributed by atoms with E-state index in [1.54, 1.807) is 50.8 Å². The van der Waals surface area contributed by atoms with E-state index in [4.69, 9.17) is 21.7 Å². The molecule has 138 valence electrons. The lowest BCUT2D eigenvalue weighted by Gasteiger charge is -2.09. The number of hydrogen-bond donors (Lipinski definition) is 1. The Hall–Kier alpha value is -3.46. The molecule has 0 fully saturated rings. The van der Waals surface area contributed by atoms with Crippen molar-refractivity contribution in [2.45, 2.75) is 0 Å². The van der Waals surface area contributed by atoms with Gasteiger partial charge in [-0.3, -0.25) is 0 Å². The number of nitrogens with zero attached hydrogens (tertiary/aromatic N) is 3. The van der Waals surface area contributed by atoms with Gasteiger partial charge in [-0.1, -0.05) is 24.3 Å². The predicted octanol–water partition coefficient (Wildman–Crippen LogP) is 1.87. The third-order valence-electron chi connectivity index (χ3n) is 3.77. The number of methoxy groups -OCH3 is 2. The molecule has 0 unspecified atom stereocenters. The molecule has 0 aliphatic rings. The van der Waals surface area contributed by atoms with Crippen molar-refractivity contribution in [3.63, 3.8) is 0 Å². The van der Waals surface area contributed by atoms with E-state index < -0.39 is 5.97 Å². The first-order chi connectivity index (χ1) is 13.0. The number of ether oxygens (including phenoxy) is 2. The SMILES string of the molecule is COc1ccc(-c2n[nH]c(=S)n2/N=C\c2ccc(C(=O)[O-])cc2)c(OC)c1. The first-order valence-corrected chi connectivity index (χ1v) is 8.20. The van der Waals surface area contributed by atoms with Crippen molar-refractivity contribution < 1.29 is 19.4 Å². The van der Waals surface area contributed by atoms with Gasteiger partial charge in [0.1, 0.15) is 11.5 Å². The normalized spacial score (nSPS) is 10.9. The van der Waals surface area contributed by atoms with Crippen molar-refractivity contribution in [2.75, 3.05) is 14.2 Å².